The van der Waals surface area contributed by atoms with Gasteiger partial charge in [0.1, 0.15) is 16.8 Å². The molecular weight excluding hydrogens is 400 g/mol. The van der Waals surface area contributed by atoms with Crippen LogP contribution in [-0.4, -0.2) is 25.1 Å². The van der Waals surface area contributed by atoms with Crippen molar-refractivity contribution in [1.82, 2.24) is 0 Å². The van der Waals surface area contributed by atoms with Crippen molar-refractivity contribution >= 4 is 39.8 Å². The number of carbonyl (C=O) groups excluding carboxylic acids is 2. The van der Waals surface area contributed by atoms with Gasteiger partial charge in [0.25, 0.3) is 5.91 Å². The van der Waals surface area contributed by atoms with E-state index in [1.165, 1.54) is 11.3 Å². The number of benzene rings is 1. The average molecular weight is 419 g/mol. The van der Waals surface area contributed by atoms with Gasteiger partial charge in [0.2, 0.25) is 0 Å². The fourth-order valence-corrected chi connectivity index (χ4v) is 4.35. The minimum atomic E-state index is -0.659. The van der Waals surface area contributed by atoms with Gasteiger partial charge in [0.05, 0.1) is 5.56 Å². The molecule has 0 aliphatic heterocycles. The number of hydrogen-bond donors (Lipinski definition) is 1. The zero-order valence-electron chi connectivity index (χ0n) is 15.3. The molecule has 6 nitrogen and oxygen atoms in total. The molecule has 1 aliphatic carbocycles. The average Bonchev–Trinajstić information content (AvgIpc) is 3.04. The molecule has 0 atom stereocenters. The van der Waals surface area contributed by atoms with Crippen LogP contribution in [0.5, 0.6) is 5.75 Å². The van der Waals surface area contributed by atoms with Gasteiger partial charge in [-0.25, -0.2) is 4.79 Å². The van der Waals surface area contributed by atoms with E-state index < -0.39 is 18.5 Å². The number of aryl methyl sites for hydroxylation is 2. The van der Waals surface area contributed by atoms with Crippen molar-refractivity contribution in [2.24, 2.45) is 0 Å². The van der Waals surface area contributed by atoms with E-state index in [1.807, 2.05) is 6.92 Å². The summed E-state index contributed by atoms with van der Waals surface area (Å²) in [5.41, 5.74) is 2.40. The number of anilines is 1. The van der Waals surface area contributed by atoms with Crippen LogP contribution in [0.1, 0.15) is 34.4 Å². The van der Waals surface area contributed by atoms with E-state index in [0.29, 0.717) is 21.3 Å². The van der Waals surface area contributed by atoms with E-state index in [1.54, 1.807) is 18.2 Å². The molecule has 28 heavy (non-hydrogen) atoms. The topological polar surface area (TPSA) is 88.4 Å². The molecule has 0 bridgehead atoms. The fraction of sp³-hybridized carbons (Fsp3) is 0.350. The van der Waals surface area contributed by atoms with Gasteiger partial charge in [0, 0.05) is 9.90 Å². The summed E-state index contributed by atoms with van der Waals surface area (Å²) in [4.78, 5) is 25.1. The summed E-state index contributed by atoms with van der Waals surface area (Å²) in [5, 5.41) is 13.2. The molecular formula is C20H19ClN2O4S. The first kappa shape index (κ1) is 20.2. The van der Waals surface area contributed by atoms with Gasteiger partial charge in [-0.05, 0) is 61.9 Å². The van der Waals surface area contributed by atoms with Gasteiger partial charge in [0.15, 0.2) is 13.2 Å². The maximum Gasteiger partial charge on any atom is 0.344 e. The number of thiophene rings is 1. The van der Waals surface area contributed by atoms with Crippen LogP contribution in [0, 0.1) is 18.3 Å². The SMILES string of the molecule is Cc1cc(OCC(=O)OCC(=O)Nc2sc3c(c2C#N)CCCC3)ccc1Cl. The van der Waals surface area contributed by atoms with Crippen LogP contribution in [0.3, 0.4) is 0 Å². The second kappa shape index (κ2) is 9.09. The molecule has 1 aliphatic rings. The Hall–Kier alpha value is -2.56. The summed E-state index contributed by atoms with van der Waals surface area (Å²) in [5.74, 6) is -0.648. The highest BCUT2D eigenvalue weighted by Crippen LogP contribution is 2.37. The molecule has 3 rings (SSSR count). The van der Waals surface area contributed by atoms with E-state index in [9.17, 15) is 14.9 Å². The molecule has 1 aromatic heterocycles. The quantitative estimate of drug-likeness (QED) is 0.715. The third-order valence-electron chi connectivity index (χ3n) is 4.39. The lowest BCUT2D eigenvalue weighted by atomic mass is 9.96. The zero-order chi connectivity index (χ0) is 20.1. The van der Waals surface area contributed by atoms with E-state index in [2.05, 4.69) is 11.4 Å². The van der Waals surface area contributed by atoms with Gasteiger partial charge in [-0.3, -0.25) is 4.79 Å². The molecule has 1 heterocycles. The standard InChI is InChI=1S/C20H19ClN2O4S/c1-12-8-13(6-7-16(12)21)26-11-19(25)27-10-18(24)23-20-15(9-22)14-4-2-3-5-17(14)28-20/h6-8H,2-5,10-11H2,1H3,(H,23,24). The normalized spacial score (nSPS) is 12.6. The van der Waals surface area contributed by atoms with Crippen LogP contribution < -0.4 is 10.1 Å². The van der Waals surface area contributed by atoms with E-state index >= 15 is 0 Å². The van der Waals surface area contributed by atoms with Crippen LogP contribution in [0.4, 0.5) is 5.00 Å². The lowest BCUT2D eigenvalue weighted by Crippen LogP contribution is -2.23. The maximum atomic E-state index is 12.1. The van der Waals surface area contributed by atoms with Crippen molar-refractivity contribution < 1.29 is 19.1 Å². The molecule has 0 fully saturated rings. The van der Waals surface area contributed by atoms with Crippen LogP contribution in [0.2, 0.25) is 5.02 Å². The Kier molecular flexibility index (Phi) is 6.55. The third kappa shape index (κ3) is 4.83. The monoisotopic (exact) mass is 418 g/mol. The van der Waals surface area contributed by atoms with Gasteiger partial charge < -0.3 is 14.8 Å². The van der Waals surface area contributed by atoms with Crippen molar-refractivity contribution in [3.05, 3.63) is 44.8 Å². The van der Waals surface area contributed by atoms with Gasteiger partial charge in [-0.1, -0.05) is 11.6 Å². The number of halogens is 1. The molecule has 1 aromatic carbocycles. The molecule has 0 saturated carbocycles. The number of hydrogen-bond acceptors (Lipinski definition) is 6. The van der Waals surface area contributed by atoms with Crippen molar-refractivity contribution in [2.45, 2.75) is 32.6 Å². The molecule has 146 valence electrons. The predicted octanol–water partition coefficient (Wildman–Crippen LogP) is 4.02. The number of nitriles is 1. The minimum absolute atomic E-state index is 0.314. The number of nitrogens with zero attached hydrogens (tertiary/aromatic N) is 1. The van der Waals surface area contributed by atoms with Crippen LogP contribution in [0.25, 0.3) is 0 Å². The first-order valence-corrected chi connectivity index (χ1v) is 10.1. The summed E-state index contributed by atoms with van der Waals surface area (Å²) in [6, 6.07) is 7.22. The number of rotatable bonds is 6. The Morgan fingerprint density at radius 1 is 1.29 bits per heavy atom. The van der Waals surface area contributed by atoms with Crippen LogP contribution >= 0.6 is 22.9 Å². The molecule has 8 heteroatoms. The molecule has 1 amide bonds. The highest BCUT2D eigenvalue weighted by atomic mass is 35.5. The first-order valence-electron chi connectivity index (χ1n) is 8.87. The smallest absolute Gasteiger partial charge is 0.344 e. The highest BCUT2D eigenvalue weighted by Gasteiger charge is 2.22. The first-order chi connectivity index (χ1) is 13.5. The highest BCUT2D eigenvalue weighted by molar-refractivity contribution is 7.16. The number of carbonyl (C=O) groups is 2. The van der Waals surface area contributed by atoms with Gasteiger partial charge >= 0.3 is 5.97 Å². The Bertz CT molecular complexity index is 948. The molecule has 0 unspecified atom stereocenters. The summed E-state index contributed by atoms with van der Waals surface area (Å²) in [7, 11) is 0. The second-order valence-electron chi connectivity index (χ2n) is 6.44. The second-order valence-corrected chi connectivity index (χ2v) is 7.95. The minimum Gasteiger partial charge on any atom is -0.482 e. The van der Waals surface area contributed by atoms with Crippen molar-refractivity contribution in [3.8, 4) is 11.8 Å². The lowest BCUT2D eigenvalue weighted by molar-refractivity contribution is -0.149. The summed E-state index contributed by atoms with van der Waals surface area (Å²) < 4.78 is 10.3. The summed E-state index contributed by atoms with van der Waals surface area (Å²) in [6.45, 7) is 1.08. The number of esters is 1. The van der Waals surface area contributed by atoms with Gasteiger partial charge in [-0.15, -0.1) is 11.3 Å². The summed E-state index contributed by atoms with van der Waals surface area (Å²) >= 11 is 7.37. The Morgan fingerprint density at radius 2 is 2.07 bits per heavy atom. The third-order valence-corrected chi connectivity index (χ3v) is 6.02. The molecule has 0 spiro atoms. The number of amides is 1. The number of fused-ring (bicyclic) bond motifs is 1. The molecule has 0 saturated heterocycles. The predicted molar refractivity (Wildman–Crippen MR) is 107 cm³/mol. The Labute approximate surface area is 172 Å². The van der Waals surface area contributed by atoms with Crippen LogP contribution in [0.15, 0.2) is 18.2 Å². The van der Waals surface area contributed by atoms with Crippen molar-refractivity contribution in [1.29, 1.82) is 5.26 Å². The molecule has 0 radical (unpaired) electrons. The van der Waals surface area contributed by atoms with E-state index in [-0.39, 0.29) is 6.61 Å². The number of ether oxygens (including phenoxy) is 2. The molecule has 2 aromatic rings. The van der Waals surface area contributed by atoms with Gasteiger partial charge in [-0.2, -0.15) is 5.26 Å². The zero-order valence-corrected chi connectivity index (χ0v) is 16.9. The summed E-state index contributed by atoms with van der Waals surface area (Å²) in [6.07, 6.45) is 3.94. The fourth-order valence-electron chi connectivity index (χ4n) is 2.97. The molecule has 1 N–H and O–H groups in total. The maximum absolute atomic E-state index is 12.1. The van der Waals surface area contributed by atoms with Crippen LogP contribution in [-0.2, 0) is 27.2 Å². The number of nitrogens with one attached hydrogen (secondary N) is 1. The Balaban J connectivity index is 1.49. The largest absolute Gasteiger partial charge is 0.482 e. The lowest BCUT2D eigenvalue weighted by Gasteiger charge is -2.09. The van der Waals surface area contributed by atoms with Crippen molar-refractivity contribution in [3.63, 3.8) is 0 Å². The van der Waals surface area contributed by atoms with E-state index in [4.69, 9.17) is 21.1 Å². The van der Waals surface area contributed by atoms with E-state index in [0.717, 1.165) is 41.7 Å². The Morgan fingerprint density at radius 3 is 2.82 bits per heavy atom. The van der Waals surface area contributed by atoms with Crippen molar-refractivity contribution in [2.75, 3.05) is 18.5 Å².